The van der Waals surface area contributed by atoms with Gasteiger partial charge >= 0.3 is 0 Å². The number of halogens is 2. The third kappa shape index (κ3) is 2.82. The number of Topliss-reactive ketones (excluding diaryl/α,β-unsaturated/α-hetero) is 1. The minimum absolute atomic E-state index is 0.0446. The fourth-order valence-corrected chi connectivity index (χ4v) is 2.36. The van der Waals surface area contributed by atoms with Crippen LogP contribution >= 0.6 is 11.6 Å². The van der Waals surface area contributed by atoms with Gasteiger partial charge < -0.3 is 4.74 Å². The zero-order valence-corrected chi connectivity index (χ0v) is 11.0. The predicted molar refractivity (Wildman–Crippen MR) is 68.0 cm³/mol. The molecule has 0 saturated carbocycles. The van der Waals surface area contributed by atoms with Crippen molar-refractivity contribution in [2.45, 2.75) is 12.8 Å². The summed E-state index contributed by atoms with van der Waals surface area (Å²) < 4.78 is 18.7. The topological polar surface area (TPSA) is 29.5 Å². The van der Waals surface area contributed by atoms with Crippen molar-refractivity contribution in [3.63, 3.8) is 0 Å². The quantitative estimate of drug-likeness (QED) is 0.789. The first-order valence-corrected chi connectivity index (χ1v) is 6.28. The van der Waals surface area contributed by atoms with Crippen LogP contribution in [-0.4, -0.2) is 37.4 Å². The molecule has 0 aliphatic carbocycles. The van der Waals surface area contributed by atoms with Crippen LogP contribution in [0.2, 0.25) is 5.02 Å². The van der Waals surface area contributed by atoms with E-state index < -0.39 is 5.82 Å². The molecule has 5 heteroatoms. The van der Waals surface area contributed by atoms with Crippen LogP contribution in [-0.2, 0) is 0 Å². The molecule has 0 unspecified atom stereocenters. The standard InChI is InChI=1S/C13H15ClFNO2/c1-18-13-6-9(11(15)7-10(13)14)12(17)8-16-4-2-3-5-16/h6-7H,2-5,8H2,1H3. The number of nitrogens with zero attached hydrogens (tertiary/aromatic N) is 1. The van der Waals surface area contributed by atoms with Gasteiger partial charge in [-0.05, 0) is 38.1 Å². The Morgan fingerprint density at radius 2 is 2.11 bits per heavy atom. The van der Waals surface area contributed by atoms with Crippen LogP contribution in [0.1, 0.15) is 23.2 Å². The van der Waals surface area contributed by atoms with E-state index in [4.69, 9.17) is 16.3 Å². The first-order valence-electron chi connectivity index (χ1n) is 5.90. The number of likely N-dealkylation sites (tertiary alicyclic amines) is 1. The molecule has 0 N–H and O–H groups in total. The van der Waals surface area contributed by atoms with Crippen LogP contribution in [0, 0.1) is 5.82 Å². The molecule has 0 radical (unpaired) electrons. The number of rotatable bonds is 4. The summed E-state index contributed by atoms with van der Waals surface area (Å²) in [6.45, 7) is 2.05. The molecule has 1 fully saturated rings. The monoisotopic (exact) mass is 271 g/mol. The second kappa shape index (κ2) is 5.67. The molecule has 1 aliphatic heterocycles. The van der Waals surface area contributed by atoms with E-state index in [1.54, 1.807) is 0 Å². The molecule has 1 aromatic carbocycles. The van der Waals surface area contributed by atoms with Crippen molar-refractivity contribution in [2.75, 3.05) is 26.7 Å². The SMILES string of the molecule is COc1cc(C(=O)CN2CCCC2)c(F)cc1Cl. The van der Waals surface area contributed by atoms with Crippen molar-refractivity contribution in [3.8, 4) is 5.75 Å². The van der Waals surface area contributed by atoms with Gasteiger partial charge in [0.1, 0.15) is 11.6 Å². The molecule has 1 aromatic rings. The van der Waals surface area contributed by atoms with E-state index in [-0.39, 0.29) is 22.9 Å². The molecular formula is C13H15ClFNO2. The number of benzene rings is 1. The Morgan fingerprint density at radius 1 is 1.44 bits per heavy atom. The van der Waals surface area contributed by atoms with Gasteiger partial charge in [0.2, 0.25) is 0 Å². The zero-order valence-electron chi connectivity index (χ0n) is 10.2. The first-order chi connectivity index (χ1) is 8.61. The lowest BCUT2D eigenvalue weighted by Gasteiger charge is -2.14. The van der Waals surface area contributed by atoms with E-state index in [1.165, 1.54) is 13.2 Å². The van der Waals surface area contributed by atoms with Gasteiger partial charge in [0.15, 0.2) is 5.78 Å². The van der Waals surface area contributed by atoms with Crippen molar-refractivity contribution in [1.82, 2.24) is 4.90 Å². The maximum atomic E-state index is 13.7. The summed E-state index contributed by atoms with van der Waals surface area (Å²) >= 11 is 5.79. The molecule has 0 aromatic heterocycles. The molecule has 98 valence electrons. The van der Waals surface area contributed by atoms with Crippen molar-refractivity contribution in [3.05, 3.63) is 28.5 Å². The number of carbonyl (C=O) groups excluding carboxylic acids is 1. The first kappa shape index (κ1) is 13.3. The Balaban J connectivity index is 2.18. The number of carbonyl (C=O) groups is 1. The Morgan fingerprint density at radius 3 is 2.72 bits per heavy atom. The average molecular weight is 272 g/mol. The minimum Gasteiger partial charge on any atom is -0.495 e. The largest absolute Gasteiger partial charge is 0.495 e. The van der Waals surface area contributed by atoms with Gasteiger partial charge in [-0.25, -0.2) is 4.39 Å². The lowest BCUT2D eigenvalue weighted by atomic mass is 10.1. The highest BCUT2D eigenvalue weighted by atomic mass is 35.5. The summed E-state index contributed by atoms with van der Waals surface area (Å²) in [5, 5.41) is 0.174. The number of hydrogen-bond acceptors (Lipinski definition) is 3. The van der Waals surface area contributed by atoms with Gasteiger partial charge in [-0.15, -0.1) is 0 Å². The fraction of sp³-hybridized carbons (Fsp3) is 0.462. The van der Waals surface area contributed by atoms with Crippen molar-refractivity contribution in [2.24, 2.45) is 0 Å². The molecule has 1 saturated heterocycles. The van der Waals surface area contributed by atoms with Crippen LogP contribution in [0.5, 0.6) is 5.75 Å². The highest BCUT2D eigenvalue weighted by Gasteiger charge is 2.20. The second-order valence-corrected chi connectivity index (χ2v) is 4.78. The maximum Gasteiger partial charge on any atom is 0.179 e. The summed E-state index contributed by atoms with van der Waals surface area (Å²) in [4.78, 5) is 14.1. The van der Waals surface area contributed by atoms with Crippen molar-refractivity contribution >= 4 is 17.4 Å². The minimum atomic E-state index is -0.593. The molecule has 0 bridgehead atoms. The average Bonchev–Trinajstić information content (AvgIpc) is 2.81. The van der Waals surface area contributed by atoms with Gasteiger partial charge in [-0.1, -0.05) is 11.6 Å². The molecule has 0 spiro atoms. The lowest BCUT2D eigenvalue weighted by Crippen LogP contribution is -2.27. The molecule has 18 heavy (non-hydrogen) atoms. The summed E-state index contributed by atoms with van der Waals surface area (Å²) in [6, 6.07) is 2.49. The predicted octanol–water partition coefficient (Wildman–Crippen LogP) is 2.77. The van der Waals surface area contributed by atoms with Crippen LogP contribution in [0.3, 0.4) is 0 Å². The summed E-state index contributed by atoms with van der Waals surface area (Å²) in [7, 11) is 1.44. The van der Waals surface area contributed by atoms with E-state index >= 15 is 0 Å². The van der Waals surface area contributed by atoms with Gasteiger partial charge in [-0.3, -0.25) is 9.69 Å². The Bertz CT molecular complexity index is 459. The fourth-order valence-electron chi connectivity index (χ4n) is 2.13. The van der Waals surface area contributed by atoms with Gasteiger partial charge in [0.25, 0.3) is 0 Å². The smallest absolute Gasteiger partial charge is 0.179 e. The van der Waals surface area contributed by atoms with Gasteiger partial charge in [-0.2, -0.15) is 0 Å². The summed E-state index contributed by atoms with van der Waals surface area (Å²) in [5.74, 6) is -0.503. The Kier molecular flexibility index (Phi) is 4.19. The van der Waals surface area contributed by atoms with Gasteiger partial charge in [0, 0.05) is 0 Å². The van der Waals surface area contributed by atoms with Crippen LogP contribution in [0.15, 0.2) is 12.1 Å². The third-order valence-corrected chi connectivity index (χ3v) is 3.40. The van der Waals surface area contributed by atoms with E-state index in [1.807, 2.05) is 4.90 Å². The molecule has 1 aliphatic rings. The Hall–Kier alpha value is -1.13. The van der Waals surface area contributed by atoms with E-state index in [9.17, 15) is 9.18 Å². The molecule has 3 nitrogen and oxygen atoms in total. The van der Waals surface area contributed by atoms with E-state index in [0.717, 1.165) is 32.0 Å². The lowest BCUT2D eigenvalue weighted by molar-refractivity contribution is 0.0941. The number of hydrogen-bond donors (Lipinski definition) is 0. The number of ketones is 1. The highest BCUT2D eigenvalue weighted by molar-refractivity contribution is 6.32. The summed E-state index contributed by atoms with van der Waals surface area (Å²) in [5.41, 5.74) is 0.0446. The number of methoxy groups -OCH3 is 1. The normalized spacial score (nSPS) is 15.9. The maximum absolute atomic E-state index is 13.7. The third-order valence-electron chi connectivity index (χ3n) is 3.11. The molecule has 2 rings (SSSR count). The van der Waals surface area contributed by atoms with E-state index in [0.29, 0.717) is 5.75 Å². The van der Waals surface area contributed by atoms with Crippen LogP contribution in [0.25, 0.3) is 0 Å². The second-order valence-electron chi connectivity index (χ2n) is 4.37. The highest BCUT2D eigenvalue weighted by Crippen LogP contribution is 2.27. The van der Waals surface area contributed by atoms with Crippen LogP contribution in [0.4, 0.5) is 4.39 Å². The van der Waals surface area contributed by atoms with E-state index in [2.05, 4.69) is 0 Å². The summed E-state index contributed by atoms with van der Waals surface area (Å²) in [6.07, 6.45) is 2.19. The van der Waals surface area contributed by atoms with Crippen molar-refractivity contribution < 1.29 is 13.9 Å². The van der Waals surface area contributed by atoms with Crippen LogP contribution < -0.4 is 4.74 Å². The molecule has 0 atom stereocenters. The Labute approximate surface area is 110 Å². The molecule has 0 amide bonds. The molecule has 1 heterocycles. The zero-order chi connectivity index (χ0) is 13.1. The molecular weight excluding hydrogens is 257 g/mol. The van der Waals surface area contributed by atoms with Gasteiger partial charge in [0.05, 0.1) is 24.2 Å². The number of ether oxygens (including phenoxy) is 1. The van der Waals surface area contributed by atoms with Crippen molar-refractivity contribution in [1.29, 1.82) is 0 Å².